The molecule has 2 aromatic carbocycles. The summed E-state index contributed by atoms with van der Waals surface area (Å²) in [4.78, 5) is 0. The monoisotopic (exact) mass is 378 g/mol. The van der Waals surface area contributed by atoms with Crippen LogP contribution in [0.5, 0.6) is 23.0 Å². The summed E-state index contributed by atoms with van der Waals surface area (Å²) in [7, 11) is 2.85. The molecule has 3 unspecified atom stereocenters. The van der Waals surface area contributed by atoms with Crippen LogP contribution in [-0.2, 0) is 6.42 Å². The molecular formula is C20H26O7. The first-order valence-corrected chi connectivity index (χ1v) is 8.57. The lowest BCUT2D eigenvalue weighted by molar-refractivity contribution is 0.0124. The van der Waals surface area contributed by atoms with Crippen molar-refractivity contribution in [3.63, 3.8) is 0 Å². The van der Waals surface area contributed by atoms with Crippen molar-refractivity contribution in [2.45, 2.75) is 12.5 Å². The van der Waals surface area contributed by atoms with Crippen molar-refractivity contribution < 1.29 is 35.0 Å². The van der Waals surface area contributed by atoms with Crippen LogP contribution < -0.4 is 9.47 Å². The van der Waals surface area contributed by atoms with Crippen molar-refractivity contribution in [1.82, 2.24) is 0 Å². The Hall–Kier alpha value is -2.48. The number of rotatable bonds is 9. The highest BCUT2D eigenvalue weighted by Crippen LogP contribution is 2.35. The number of aliphatic hydroxyl groups is 3. The molecule has 0 heterocycles. The summed E-state index contributed by atoms with van der Waals surface area (Å²) in [6.45, 7) is -0.592. The van der Waals surface area contributed by atoms with Gasteiger partial charge in [0.2, 0.25) is 0 Å². The number of methoxy groups -OCH3 is 2. The quantitative estimate of drug-likeness (QED) is 0.450. The van der Waals surface area contributed by atoms with E-state index >= 15 is 0 Å². The Morgan fingerprint density at radius 3 is 2.00 bits per heavy atom. The predicted octanol–water partition coefficient (Wildman–Crippen LogP) is 1.61. The Morgan fingerprint density at radius 1 is 0.852 bits per heavy atom. The van der Waals surface area contributed by atoms with Gasteiger partial charge >= 0.3 is 0 Å². The molecule has 0 aromatic heterocycles. The number of aliphatic hydroxyl groups excluding tert-OH is 3. The SMILES string of the molecule is COc1cc(CC(CO)C(CO)C(O)c2ccc(O)c(OC)c2)ccc1O. The molecule has 0 fully saturated rings. The van der Waals surface area contributed by atoms with E-state index < -0.39 is 17.9 Å². The molecule has 0 spiro atoms. The molecule has 0 radical (unpaired) electrons. The van der Waals surface area contributed by atoms with Gasteiger partial charge in [-0.2, -0.15) is 0 Å². The molecule has 3 atom stereocenters. The van der Waals surface area contributed by atoms with Crippen molar-refractivity contribution in [2.75, 3.05) is 27.4 Å². The molecule has 0 amide bonds. The summed E-state index contributed by atoms with van der Waals surface area (Å²) >= 11 is 0. The maximum absolute atomic E-state index is 10.7. The van der Waals surface area contributed by atoms with E-state index in [2.05, 4.69) is 0 Å². The summed E-state index contributed by atoms with van der Waals surface area (Å²) in [6.07, 6.45) is -0.703. The molecule has 2 rings (SSSR count). The van der Waals surface area contributed by atoms with Crippen molar-refractivity contribution in [3.05, 3.63) is 47.5 Å². The normalized spacial score (nSPS) is 14.4. The van der Waals surface area contributed by atoms with E-state index in [9.17, 15) is 25.5 Å². The fraction of sp³-hybridized carbons (Fsp3) is 0.400. The van der Waals surface area contributed by atoms with Crippen LogP contribution in [-0.4, -0.2) is 53.0 Å². The van der Waals surface area contributed by atoms with Crippen LogP contribution >= 0.6 is 0 Å². The van der Waals surface area contributed by atoms with Crippen molar-refractivity contribution in [1.29, 1.82) is 0 Å². The van der Waals surface area contributed by atoms with Crippen molar-refractivity contribution in [3.8, 4) is 23.0 Å². The summed E-state index contributed by atoms with van der Waals surface area (Å²) < 4.78 is 10.2. The molecule has 0 aliphatic heterocycles. The molecule has 0 aliphatic carbocycles. The fourth-order valence-electron chi connectivity index (χ4n) is 3.14. The molecule has 27 heavy (non-hydrogen) atoms. The minimum Gasteiger partial charge on any atom is -0.504 e. The van der Waals surface area contributed by atoms with Crippen LogP contribution in [0.4, 0.5) is 0 Å². The predicted molar refractivity (Wildman–Crippen MR) is 99.1 cm³/mol. The van der Waals surface area contributed by atoms with Crippen LogP contribution in [0.25, 0.3) is 0 Å². The van der Waals surface area contributed by atoms with E-state index in [0.29, 0.717) is 17.7 Å². The fourth-order valence-corrected chi connectivity index (χ4v) is 3.14. The third-order valence-corrected chi connectivity index (χ3v) is 4.74. The standard InChI is InChI=1S/C20H26O7/c1-26-18-8-12(3-5-16(18)23)7-14(10-21)15(11-22)20(25)13-4-6-17(24)19(9-13)27-2/h3-6,8-9,14-15,20-25H,7,10-11H2,1-2H3. The number of hydrogen-bond acceptors (Lipinski definition) is 7. The Morgan fingerprint density at radius 2 is 1.44 bits per heavy atom. The Balaban J connectivity index is 2.24. The van der Waals surface area contributed by atoms with Gasteiger partial charge in [-0.3, -0.25) is 0 Å². The van der Waals surface area contributed by atoms with Gasteiger partial charge in [0.1, 0.15) is 0 Å². The molecule has 5 N–H and O–H groups in total. The van der Waals surface area contributed by atoms with E-state index in [0.717, 1.165) is 5.56 Å². The molecule has 0 bridgehead atoms. The van der Waals surface area contributed by atoms with Gasteiger partial charge in [0.15, 0.2) is 23.0 Å². The Kier molecular flexibility index (Phi) is 7.29. The van der Waals surface area contributed by atoms with E-state index in [1.54, 1.807) is 18.2 Å². The zero-order valence-corrected chi connectivity index (χ0v) is 15.4. The number of phenolic OH excluding ortho intramolecular Hbond substituents is 2. The number of ether oxygens (including phenoxy) is 2. The molecule has 7 nitrogen and oxygen atoms in total. The number of hydrogen-bond donors (Lipinski definition) is 5. The maximum Gasteiger partial charge on any atom is 0.160 e. The van der Waals surface area contributed by atoms with Gasteiger partial charge in [0, 0.05) is 19.1 Å². The Bertz CT molecular complexity index is 747. The average Bonchev–Trinajstić information content (AvgIpc) is 2.69. The van der Waals surface area contributed by atoms with Crippen molar-refractivity contribution >= 4 is 0 Å². The lowest BCUT2D eigenvalue weighted by Gasteiger charge is -2.29. The van der Waals surface area contributed by atoms with Gasteiger partial charge in [0.05, 0.1) is 20.3 Å². The second-order valence-corrected chi connectivity index (χ2v) is 6.38. The molecule has 7 heteroatoms. The van der Waals surface area contributed by atoms with Gasteiger partial charge in [0.25, 0.3) is 0 Å². The lowest BCUT2D eigenvalue weighted by Crippen LogP contribution is -2.29. The van der Waals surface area contributed by atoms with E-state index in [1.807, 2.05) is 0 Å². The minimum atomic E-state index is -1.07. The van der Waals surface area contributed by atoms with Crippen LogP contribution in [0, 0.1) is 11.8 Å². The first-order valence-electron chi connectivity index (χ1n) is 8.57. The average molecular weight is 378 g/mol. The molecule has 148 valence electrons. The summed E-state index contributed by atoms with van der Waals surface area (Å²) in [5, 5.41) is 49.8. The Labute approximate surface area is 158 Å². The third kappa shape index (κ3) is 4.82. The third-order valence-electron chi connectivity index (χ3n) is 4.74. The topological polar surface area (TPSA) is 120 Å². The van der Waals surface area contributed by atoms with Gasteiger partial charge in [-0.15, -0.1) is 0 Å². The van der Waals surface area contributed by atoms with Gasteiger partial charge in [-0.1, -0.05) is 12.1 Å². The molecule has 0 saturated heterocycles. The van der Waals surface area contributed by atoms with E-state index in [4.69, 9.17) is 9.47 Å². The molecular weight excluding hydrogens is 352 g/mol. The van der Waals surface area contributed by atoms with Crippen molar-refractivity contribution in [2.24, 2.45) is 11.8 Å². The lowest BCUT2D eigenvalue weighted by atomic mass is 9.81. The van der Waals surface area contributed by atoms with Gasteiger partial charge in [-0.05, 0) is 47.7 Å². The first kappa shape index (κ1) is 20.8. The van der Waals surface area contributed by atoms with Gasteiger partial charge in [-0.25, -0.2) is 0 Å². The maximum atomic E-state index is 10.7. The number of aromatic hydroxyl groups is 2. The van der Waals surface area contributed by atoms with Gasteiger partial charge < -0.3 is 35.0 Å². The largest absolute Gasteiger partial charge is 0.504 e. The number of benzene rings is 2. The van der Waals surface area contributed by atoms with E-state index in [1.165, 1.54) is 32.4 Å². The van der Waals surface area contributed by atoms with Crippen LogP contribution in [0.1, 0.15) is 17.2 Å². The summed E-state index contributed by atoms with van der Waals surface area (Å²) in [5.74, 6) is -0.607. The summed E-state index contributed by atoms with van der Waals surface area (Å²) in [5.41, 5.74) is 1.25. The first-order chi connectivity index (χ1) is 12.9. The van der Waals surface area contributed by atoms with Crippen LogP contribution in [0.3, 0.4) is 0 Å². The van der Waals surface area contributed by atoms with Crippen LogP contribution in [0.2, 0.25) is 0 Å². The molecule has 0 saturated carbocycles. The number of phenols is 2. The highest BCUT2D eigenvalue weighted by molar-refractivity contribution is 5.43. The highest BCUT2D eigenvalue weighted by atomic mass is 16.5. The van der Waals surface area contributed by atoms with Crippen LogP contribution in [0.15, 0.2) is 36.4 Å². The second-order valence-electron chi connectivity index (χ2n) is 6.38. The molecule has 0 aliphatic rings. The zero-order chi connectivity index (χ0) is 20.0. The summed E-state index contributed by atoms with van der Waals surface area (Å²) in [6, 6.07) is 9.31. The molecule has 2 aromatic rings. The zero-order valence-electron chi connectivity index (χ0n) is 15.4. The second kappa shape index (κ2) is 9.45. The van der Waals surface area contributed by atoms with E-state index in [-0.39, 0.29) is 30.5 Å². The smallest absolute Gasteiger partial charge is 0.160 e. The minimum absolute atomic E-state index is 0.0109. The highest BCUT2D eigenvalue weighted by Gasteiger charge is 2.29.